The lowest BCUT2D eigenvalue weighted by molar-refractivity contribution is -0.0151. The molecule has 1 saturated heterocycles. The summed E-state index contributed by atoms with van der Waals surface area (Å²) in [6.45, 7) is 8.55. The quantitative estimate of drug-likeness (QED) is 0.335. The van der Waals surface area contributed by atoms with Gasteiger partial charge in [-0.1, -0.05) is 63.2 Å². The third-order valence-corrected chi connectivity index (χ3v) is 7.91. The van der Waals surface area contributed by atoms with E-state index in [0.717, 1.165) is 55.2 Å². The molecule has 2 atom stereocenters. The fraction of sp³-hybridized carbons (Fsp3) is 0.419. The fourth-order valence-electron chi connectivity index (χ4n) is 4.84. The van der Waals surface area contributed by atoms with E-state index >= 15 is 0 Å². The van der Waals surface area contributed by atoms with Gasteiger partial charge in [-0.05, 0) is 72.7 Å². The predicted octanol–water partition coefficient (Wildman–Crippen LogP) is 7.60. The van der Waals surface area contributed by atoms with E-state index in [2.05, 4.69) is 78.0 Å². The molecule has 3 aromatic carbocycles. The van der Waals surface area contributed by atoms with Crippen molar-refractivity contribution in [1.82, 2.24) is 0 Å². The SMILES string of the molecule is CC.CCc1ccc(N(Cc2ccccc2)Sc2ccc3c(c2)C(O)CC(C2CCOCC2)O3)cc1. The van der Waals surface area contributed by atoms with E-state index in [-0.39, 0.29) is 6.10 Å². The molecule has 2 heterocycles. The van der Waals surface area contributed by atoms with Gasteiger partial charge in [0.05, 0.1) is 12.6 Å². The Bertz CT molecular complexity index is 1070. The Labute approximate surface area is 220 Å². The largest absolute Gasteiger partial charge is 0.490 e. The molecule has 0 bridgehead atoms. The topological polar surface area (TPSA) is 41.9 Å². The summed E-state index contributed by atoms with van der Waals surface area (Å²) < 4.78 is 14.2. The van der Waals surface area contributed by atoms with Crippen molar-refractivity contribution < 1.29 is 14.6 Å². The zero-order valence-corrected chi connectivity index (χ0v) is 22.5. The first-order chi connectivity index (χ1) is 17.7. The number of hydrogen-bond donors (Lipinski definition) is 1. The predicted molar refractivity (Wildman–Crippen MR) is 150 cm³/mol. The molecule has 1 fully saturated rings. The highest BCUT2D eigenvalue weighted by Crippen LogP contribution is 2.41. The summed E-state index contributed by atoms with van der Waals surface area (Å²) in [5.41, 5.74) is 4.66. The molecule has 0 amide bonds. The number of nitrogens with zero attached hydrogens (tertiary/aromatic N) is 1. The Morgan fingerprint density at radius 3 is 2.33 bits per heavy atom. The van der Waals surface area contributed by atoms with Gasteiger partial charge in [-0.25, -0.2) is 0 Å². The first-order valence-electron chi connectivity index (χ1n) is 13.3. The van der Waals surface area contributed by atoms with Crippen LogP contribution in [0.15, 0.2) is 77.7 Å². The molecule has 5 rings (SSSR count). The maximum absolute atomic E-state index is 11.0. The summed E-state index contributed by atoms with van der Waals surface area (Å²) in [5, 5.41) is 11.0. The van der Waals surface area contributed by atoms with Crippen LogP contribution in [0, 0.1) is 5.92 Å². The maximum atomic E-state index is 11.0. The van der Waals surface area contributed by atoms with Gasteiger partial charge in [-0.2, -0.15) is 0 Å². The highest BCUT2D eigenvalue weighted by molar-refractivity contribution is 8.00. The fourth-order valence-corrected chi connectivity index (χ4v) is 5.84. The molecule has 0 radical (unpaired) electrons. The zero-order chi connectivity index (χ0) is 25.3. The summed E-state index contributed by atoms with van der Waals surface area (Å²) in [6, 6.07) is 25.6. The minimum absolute atomic E-state index is 0.0663. The molecular formula is C31H39NO3S. The Hall–Kier alpha value is -2.47. The number of fused-ring (bicyclic) bond motifs is 1. The summed E-state index contributed by atoms with van der Waals surface area (Å²) >= 11 is 1.70. The lowest BCUT2D eigenvalue weighted by Gasteiger charge is -2.36. The van der Waals surface area contributed by atoms with Crippen LogP contribution < -0.4 is 9.04 Å². The molecule has 36 heavy (non-hydrogen) atoms. The van der Waals surface area contributed by atoms with Crippen molar-refractivity contribution >= 4 is 17.6 Å². The number of rotatable bonds is 7. The number of aryl methyl sites for hydroxylation is 1. The lowest BCUT2D eigenvalue weighted by atomic mass is 9.87. The van der Waals surface area contributed by atoms with Crippen molar-refractivity contribution in [3.8, 4) is 5.75 Å². The third-order valence-electron chi connectivity index (χ3n) is 6.88. The number of ether oxygens (including phenoxy) is 2. The minimum Gasteiger partial charge on any atom is -0.490 e. The van der Waals surface area contributed by atoms with Crippen molar-refractivity contribution in [2.75, 3.05) is 17.5 Å². The molecule has 2 aliphatic rings. The average molecular weight is 506 g/mol. The van der Waals surface area contributed by atoms with Crippen LogP contribution in [0.25, 0.3) is 0 Å². The summed E-state index contributed by atoms with van der Waals surface area (Å²) in [4.78, 5) is 1.10. The van der Waals surface area contributed by atoms with Crippen molar-refractivity contribution in [1.29, 1.82) is 0 Å². The number of hydrogen-bond acceptors (Lipinski definition) is 5. The van der Waals surface area contributed by atoms with Crippen LogP contribution in [0.4, 0.5) is 5.69 Å². The second kappa shape index (κ2) is 13.2. The van der Waals surface area contributed by atoms with Crippen LogP contribution in [0.5, 0.6) is 5.75 Å². The molecule has 0 spiro atoms. The normalized spacial score (nSPS) is 19.4. The van der Waals surface area contributed by atoms with Gasteiger partial charge < -0.3 is 18.9 Å². The van der Waals surface area contributed by atoms with Crippen LogP contribution in [0.2, 0.25) is 0 Å². The molecule has 192 valence electrons. The first-order valence-corrected chi connectivity index (χ1v) is 14.1. The van der Waals surface area contributed by atoms with Crippen molar-refractivity contribution in [2.24, 2.45) is 5.92 Å². The van der Waals surface area contributed by atoms with Gasteiger partial charge in [-0.3, -0.25) is 0 Å². The molecule has 3 aromatic rings. The minimum atomic E-state index is -0.497. The van der Waals surface area contributed by atoms with Gasteiger partial charge in [0.2, 0.25) is 0 Å². The Morgan fingerprint density at radius 2 is 1.64 bits per heavy atom. The Balaban J connectivity index is 0.00000148. The molecule has 1 N–H and O–H groups in total. The standard InChI is InChI=1S/C29H33NO3S.C2H6/c1-2-21-8-10-24(11-9-21)30(20-22-6-4-3-5-7-22)34-25-12-13-28-26(18-25)27(31)19-29(33-28)23-14-16-32-17-15-23;1-2/h3-13,18,23,27,29,31H,2,14-17,19-20H2,1H3;1-2H3. The summed E-state index contributed by atoms with van der Waals surface area (Å²) in [7, 11) is 0. The van der Waals surface area contributed by atoms with Gasteiger partial charge in [0, 0.05) is 41.7 Å². The van der Waals surface area contributed by atoms with Crippen LogP contribution in [-0.2, 0) is 17.7 Å². The lowest BCUT2D eigenvalue weighted by Crippen LogP contribution is -2.36. The van der Waals surface area contributed by atoms with Crippen molar-refractivity contribution in [3.63, 3.8) is 0 Å². The molecule has 0 saturated carbocycles. The van der Waals surface area contributed by atoms with Gasteiger partial charge in [-0.15, -0.1) is 0 Å². The molecule has 2 unspecified atom stereocenters. The monoisotopic (exact) mass is 505 g/mol. The van der Waals surface area contributed by atoms with Gasteiger partial charge in [0.15, 0.2) is 0 Å². The highest BCUT2D eigenvalue weighted by Gasteiger charge is 2.33. The van der Waals surface area contributed by atoms with E-state index in [1.807, 2.05) is 19.9 Å². The molecular weight excluding hydrogens is 466 g/mol. The maximum Gasteiger partial charge on any atom is 0.125 e. The Kier molecular flexibility index (Phi) is 9.74. The van der Waals surface area contributed by atoms with E-state index < -0.39 is 6.10 Å². The molecule has 5 heteroatoms. The van der Waals surface area contributed by atoms with Gasteiger partial charge in [0.25, 0.3) is 0 Å². The van der Waals surface area contributed by atoms with E-state index in [4.69, 9.17) is 9.47 Å². The van der Waals surface area contributed by atoms with Crippen LogP contribution in [-0.4, -0.2) is 24.4 Å². The van der Waals surface area contributed by atoms with Crippen molar-refractivity contribution in [3.05, 3.63) is 89.5 Å². The highest BCUT2D eigenvalue weighted by atomic mass is 32.2. The number of aliphatic hydroxyl groups is 1. The third kappa shape index (κ3) is 6.64. The van der Waals surface area contributed by atoms with E-state index in [1.165, 1.54) is 16.8 Å². The summed E-state index contributed by atoms with van der Waals surface area (Å²) in [6.07, 6.45) is 3.26. The second-order valence-electron chi connectivity index (χ2n) is 9.19. The van der Waals surface area contributed by atoms with E-state index in [1.54, 1.807) is 11.9 Å². The van der Waals surface area contributed by atoms with E-state index in [0.29, 0.717) is 12.3 Å². The van der Waals surface area contributed by atoms with Crippen LogP contribution in [0.3, 0.4) is 0 Å². The van der Waals surface area contributed by atoms with Gasteiger partial charge in [0.1, 0.15) is 11.9 Å². The van der Waals surface area contributed by atoms with E-state index in [9.17, 15) is 5.11 Å². The molecule has 0 aromatic heterocycles. The molecule has 4 nitrogen and oxygen atoms in total. The second-order valence-corrected chi connectivity index (χ2v) is 10.3. The Morgan fingerprint density at radius 1 is 0.917 bits per heavy atom. The first kappa shape index (κ1) is 26.6. The zero-order valence-electron chi connectivity index (χ0n) is 21.7. The smallest absolute Gasteiger partial charge is 0.125 e. The van der Waals surface area contributed by atoms with Crippen LogP contribution in [0.1, 0.15) is 62.8 Å². The molecule has 0 aliphatic carbocycles. The number of benzene rings is 3. The molecule has 2 aliphatic heterocycles. The van der Waals surface area contributed by atoms with Gasteiger partial charge >= 0.3 is 0 Å². The summed E-state index contributed by atoms with van der Waals surface area (Å²) in [5.74, 6) is 1.28. The van der Waals surface area contributed by atoms with Crippen LogP contribution >= 0.6 is 11.9 Å². The number of anilines is 1. The van der Waals surface area contributed by atoms with Crippen molar-refractivity contribution in [2.45, 2.75) is 70.1 Å². The number of aliphatic hydroxyl groups excluding tert-OH is 1. The average Bonchev–Trinajstić information content (AvgIpc) is 2.95.